The number of fused-ring (bicyclic) bond motifs is 1. The minimum absolute atomic E-state index is 0.0217. The predicted octanol–water partition coefficient (Wildman–Crippen LogP) is 4.92. The van der Waals surface area contributed by atoms with Crippen molar-refractivity contribution in [2.75, 3.05) is 17.7 Å². The molecule has 3 heterocycles. The van der Waals surface area contributed by atoms with E-state index in [4.69, 9.17) is 0 Å². The first-order valence-corrected chi connectivity index (χ1v) is 9.88. The van der Waals surface area contributed by atoms with Crippen LogP contribution in [0.25, 0.3) is 22.2 Å². The number of nitrogens with zero attached hydrogens (tertiary/aromatic N) is 3. The van der Waals surface area contributed by atoms with Crippen LogP contribution in [0.1, 0.15) is 11.3 Å². The first-order valence-electron chi connectivity index (χ1n) is 9.08. The van der Waals surface area contributed by atoms with Crippen molar-refractivity contribution in [2.24, 2.45) is 0 Å². The molecule has 0 saturated heterocycles. The number of carbonyl (C=O) groups is 1. The van der Waals surface area contributed by atoms with E-state index in [2.05, 4.69) is 56.2 Å². The van der Waals surface area contributed by atoms with Crippen molar-refractivity contribution in [2.45, 2.75) is 12.7 Å². The standard InChI is InChI=1S/C19H15BrF3N7O2/c1-32-18(31)29-13-3-2-10-11(6-25-16(10)14(13)20)15-12(19(21,22)23)7-27-17(30-15)26-5-9-4-24-8-28-9/h2-4,6-8,25H,5H2,1H3,(H,24,28)(H,29,31)(H,26,27,30). The van der Waals surface area contributed by atoms with E-state index in [-0.39, 0.29) is 23.8 Å². The smallest absolute Gasteiger partial charge is 0.419 e. The van der Waals surface area contributed by atoms with Crippen molar-refractivity contribution >= 4 is 44.6 Å². The van der Waals surface area contributed by atoms with E-state index < -0.39 is 17.8 Å². The number of nitrogens with one attached hydrogen (secondary N) is 4. The van der Waals surface area contributed by atoms with Gasteiger partial charge in [-0.3, -0.25) is 5.32 Å². The van der Waals surface area contributed by atoms with E-state index in [1.165, 1.54) is 19.6 Å². The molecule has 0 unspecified atom stereocenters. The Balaban J connectivity index is 1.77. The summed E-state index contributed by atoms with van der Waals surface area (Å²) in [4.78, 5) is 29.2. The summed E-state index contributed by atoms with van der Waals surface area (Å²) >= 11 is 3.37. The van der Waals surface area contributed by atoms with Gasteiger partial charge in [-0.25, -0.2) is 19.7 Å². The molecule has 166 valence electrons. The van der Waals surface area contributed by atoms with Crippen molar-refractivity contribution < 1.29 is 22.7 Å². The van der Waals surface area contributed by atoms with Gasteiger partial charge >= 0.3 is 12.3 Å². The monoisotopic (exact) mass is 509 g/mol. The van der Waals surface area contributed by atoms with Gasteiger partial charge in [0, 0.05) is 29.5 Å². The van der Waals surface area contributed by atoms with Gasteiger partial charge in [-0.15, -0.1) is 0 Å². The summed E-state index contributed by atoms with van der Waals surface area (Å²) < 4.78 is 46.2. The zero-order chi connectivity index (χ0) is 22.9. The van der Waals surface area contributed by atoms with E-state index in [1.807, 2.05) is 0 Å². The van der Waals surface area contributed by atoms with Crippen molar-refractivity contribution in [3.8, 4) is 11.3 Å². The molecule has 32 heavy (non-hydrogen) atoms. The zero-order valence-corrected chi connectivity index (χ0v) is 17.9. The Bertz CT molecular complexity index is 1270. The van der Waals surface area contributed by atoms with E-state index in [0.29, 0.717) is 26.8 Å². The van der Waals surface area contributed by atoms with E-state index >= 15 is 0 Å². The number of aromatic nitrogens is 5. The molecule has 0 atom stereocenters. The van der Waals surface area contributed by atoms with Crippen molar-refractivity contribution in [1.29, 1.82) is 0 Å². The van der Waals surface area contributed by atoms with E-state index in [9.17, 15) is 18.0 Å². The summed E-state index contributed by atoms with van der Waals surface area (Å²) in [5, 5.41) is 5.86. The molecular formula is C19H15BrF3N7O2. The fourth-order valence-electron chi connectivity index (χ4n) is 3.05. The van der Waals surface area contributed by atoms with Crippen molar-refractivity contribution in [3.05, 3.63) is 52.8 Å². The van der Waals surface area contributed by atoms with Crippen molar-refractivity contribution in [1.82, 2.24) is 24.9 Å². The molecule has 1 aromatic carbocycles. The number of amides is 1. The third-order valence-corrected chi connectivity index (χ3v) is 5.37. The van der Waals surface area contributed by atoms with Gasteiger partial charge in [-0.1, -0.05) is 6.07 Å². The number of rotatable bonds is 5. The number of imidazole rings is 1. The van der Waals surface area contributed by atoms with Gasteiger partial charge in [-0.2, -0.15) is 13.2 Å². The topological polar surface area (TPSA) is 121 Å². The van der Waals surface area contributed by atoms with Crippen LogP contribution in [0.2, 0.25) is 0 Å². The molecule has 9 nitrogen and oxygen atoms in total. The molecule has 0 aliphatic heterocycles. The molecule has 13 heteroatoms. The lowest BCUT2D eigenvalue weighted by atomic mass is 10.1. The number of carbonyl (C=O) groups excluding carboxylic acids is 1. The minimum Gasteiger partial charge on any atom is -0.453 e. The highest BCUT2D eigenvalue weighted by atomic mass is 79.9. The van der Waals surface area contributed by atoms with Gasteiger partial charge in [0.1, 0.15) is 5.56 Å². The van der Waals surface area contributed by atoms with E-state index in [1.54, 1.807) is 18.3 Å². The molecule has 1 amide bonds. The summed E-state index contributed by atoms with van der Waals surface area (Å²) in [7, 11) is 1.22. The second kappa shape index (κ2) is 8.49. The number of benzene rings is 1. The summed E-state index contributed by atoms with van der Waals surface area (Å²) in [6.45, 7) is 0.232. The first kappa shape index (κ1) is 21.6. The average molecular weight is 510 g/mol. The highest BCUT2D eigenvalue weighted by molar-refractivity contribution is 9.10. The lowest BCUT2D eigenvalue weighted by molar-refractivity contribution is -0.137. The number of H-pyrrole nitrogens is 2. The molecule has 3 aromatic heterocycles. The Kier molecular flexibility index (Phi) is 5.74. The van der Waals surface area contributed by atoms with Crippen molar-refractivity contribution in [3.63, 3.8) is 0 Å². The fraction of sp³-hybridized carbons (Fsp3) is 0.158. The highest BCUT2D eigenvalue weighted by Gasteiger charge is 2.36. The van der Waals surface area contributed by atoms with Crippen LogP contribution < -0.4 is 10.6 Å². The third kappa shape index (κ3) is 4.23. The lowest BCUT2D eigenvalue weighted by Gasteiger charge is -2.13. The number of aromatic amines is 2. The maximum absolute atomic E-state index is 13.7. The highest BCUT2D eigenvalue weighted by Crippen LogP contribution is 2.41. The van der Waals surface area contributed by atoms with Gasteiger partial charge in [0.25, 0.3) is 0 Å². The molecular weight excluding hydrogens is 495 g/mol. The Labute approximate surface area is 187 Å². The SMILES string of the molecule is COC(=O)Nc1ccc2c(-c3nc(NCc4c[nH]cn4)ncc3C(F)(F)F)c[nH]c2c1Br. The number of hydrogen-bond acceptors (Lipinski definition) is 6. The molecule has 0 aliphatic rings. The van der Waals surface area contributed by atoms with Crippen LogP contribution in [0.4, 0.5) is 29.6 Å². The third-order valence-electron chi connectivity index (χ3n) is 4.55. The maximum atomic E-state index is 13.7. The molecule has 4 N–H and O–H groups in total. The fourth-order valence-corrected chi connectivity index (χ4v) is 3.61. The number of ether oxygens (including phenoxy) is 1. The lowest BCUT2D eigenvalue weighted by Crippen LogP contribution is -2.12. The Morgan fingerprint density at radius 3 is 2.75 bits per heavy atom. The van der Waals surface area contributed by atoms with Gasteiger partial charge in [-0.05, 0) is 22.0 Å². The summed E-state index contributed by atoms with van der Waals surface area (Å²) in [6.07, 6.45) is -0.0378. The van der Waals surface area contributed by atoms with Crippen LogP contribution >= 0.6 is 15.9 Å². The second-order valence-electron chi connectivity index (χ2n) is 6.54. The number of anilines is 2. The van der Waals surface area contributed by atoms with E-state index in [0.717, 1.165) is 6.20 Å². The normalized spacial score (nSPS) is 11.5. The first-order chi connectivity index (χ1) is 15.3. The minimum atomic E-state index is -4.66. The molecule has 0 radical (unpaired) electrons. The van der Waals surface area contributed by atoms with Crippen LogP contribution in [0, 0.1) is 0 Å². The number of hydrogen-bond donors (Lipinski definition) is 4. The molecule has 0 aliphatic carbocycles. The molecule has 4 rings (SSSR count). The van der Waals surface area contributed by atoms with Crippen LogP contribution in [0.15, 0.2) is 41.5 Å². The largest absolute Gasteiger partial charge is 0.453 e. The second-order valence-corrected chi connectivity index (χ2v) is 7.33. The number of methoxy groups -OCH3 is 1. The molecule has 4 aromatic rings. The molecule has 0 bridgehead atoms. The summed E-state index contributed by atoms with van der Waals surface area (Å²) in [5.41, 5.74) is 0.476. The zero-order valence-electron chi connectivity index (χ0n) is 16.3. The van der Waals surface area contributed by atoms with Crippen LogP contribution in [-0.4, -0.2) is 38.1 Å². The summed E-state index contributed by atoms with van der Waals surface area (Å²) in [5.74, 6) is 0.0217. The predicted molar refractivity (Wildman–Crippen MR) is 114 cm³/mol. The summed E-state index contributed by atoms with van der Waals surface area (Å²) in [6, 6.07) is 3.13. The quantitative estimate of drug-likeness (QED) is 0.303. The van der Waals surface area contributed by atoms with Gasteiger partial charge in [0.15, 0.2) is 0 Å². The Hall–Kier alpha value is -3.61. The van der Waals surface area contributed by atoms with Crippen LogP contribution in [0.5, 0.6) is 0 Å². The average Bonchev–Trinajstić information content (AvgIpc) is 3.43. The maximum Gasteiger partial charge on any atom is 0.419 e. The van der Waals surface area contributed by atoms with Crippen LogP contribution in [-0.2, 0) is 17.5 Å². The van der Waals surface area contributed by atoms with Gasteiger partial charge in [0.05, 0.1) is 47.0 Å². The molecule has 0 saturated carbocycles. The van der Waals surface area contributed by atoms with Gasteiger partial charge in [0.2, 0.25) is 5.95 Å². The van der Waals surface area contributed by atoms with Crippen LogP contribution in [0.3, 0.4) is 0 Å². The number of halogens is 4. The molecule has 0 fully saturated rings. The Morgan fingerprint density at radius 2 is 2.06 bits per heavy atom. The number of alkyl halides is 3. The Morgan fingerprint density at radius 1 is 1.25 bits per heavy atom. The van der Waals surface area contributed by atoms with Gasteiger partial charge < -0.3 is 20.0 Å². The molecule has 0 spiro atoms.